The fourth-order valence-electron chi connectivity index (χ4n) is 4.55. The maximum absolute atomic E-state index is 13.9. The van der Waals surface area contributed by atoms with Gasteiger partial charge in [-0.3, -0.25) is 0 Å². The van der Waals surface area contributed by atoms with Crippen LogP contribution in [0.15, 0.2) is 81.1 Å². The Bertz CT molecular complexity index is 1530. The van der Waals surface area contributed by atoms with Gasteiger partial charge in [-0.1, -0.05) is 42.0 Å². The molecule has 0 radical (unpaired) electrons. The van der Waals surface area contributed by atoms with E-state index in [0.29, 0.717) is 37.8 Å². The molecule has 0 saturated heterocycles. The van der Waals surface area contributed by atoms with Crippen molar-refractivity contribution in [2.45, 2.75) is 29.8 Å². The lowest BCUT2D eigenvalue weighted by molar-refractivity contribution is 0.171. The molecule has 0 amide bonds. The van der Waals surface area contributed by atoms with Gasteiger partial charge >= 0.3 is 0 Å². The highest BCUT2D eigenvalue weighted by atomic mass is 32.2. The average Bonchev–Trinajstić information content (AvgIpc) is 3.35. The predicted molar refractivity (Wildman–Crippen MR) is 131 cm³/mol. The molecule has 0 N–H and O–H groups in total. The van der Waals surface area contributed by atoms with Crippen LogP contribution in [0.5, 0.6) is 11.5 Å². The number of hydrogen-bond acceptors (Lipinski definition) is 7. The zero-order valence-corrected chi connectivity index (χ0v) is 20.0. The van der Waals surface area contributed by atoms with Crippen LogP contribution in [-0.4, -0.2) is 33.2 Å². The molecular formula is C27H24N2O5S. The van der Waals surface area contributed by atoms with E-state index in [1.807, 2.05) is 48.2 Å². The van der Waals surface area contributed by atoms with Gasteiger partial charge in [-0.25, -0.2) is 8.42 Å². The van der Waals surface area contributed by atoms with E-state index in [-0.39, 0.29) is 21.7 Å². The number of rotatable bonds is 4. The number of aryl methyl sites for hydroxylation is 1. The number of aromatic nitrogens is 1. The molecule has 3 aromatic carbocycles. The third-order valence-electron chi connectivity index (χ3n) is 6.34. The number of anilines is 1. The molecule has 0 fully saturated rings. The van der Waals surface area contributed by atoms with E-state index < -0.39 is 9.84 Å². The van der Waals surface area contributed by atoms with Crippen LogP contribution in [-0.2, 0) is 22.8 Å². The van der Waals surface area contributed by atoms with Gasteiger partial charge in [-0.05, 0) is 48.7 Å². The number of benzene rings is 3. The first-order valence-corrected chi connectivity index (χ1v) is 13.0. The molecule has 6 rings (SSSR count). The molecule has 0 unspecified atom stereocenters. The van der Waals surface area contributed by atoms with Crippen molar-refractivity contribution < 1.29 is 22.3 Å². The fourth-order valence-corrected chi connectivity index (χ4v) is 5.88. The Kier molecular flexibility index (Phi) is 5.25. The van der Waals surface area contributed by atoms with E-state index in [2.05, 4.69) is 17.1 Å². The molecule has 0 bridgehead atoms. The third-order valence-corrected chi connectivity index (χ3v) is 7.99. The van der Waals surface area contributed by atoms with Crippen molar-refractivity contribution in [3.8, 4) is 23.0 Å². The molecule has 2 aliphatic rings. The number of ether oxygens (including phenoxy) is 2. The Hall–Kier alpha value is -3.78. The van der Waals surface area contributed by atoms with E-state index in [1.165, 1.54) is 17.7 Å². The molecule has 0 aliphatic carbocycles. The monoisotopic (exact) mass is 488 g/mol. The first kappa shape index (κ1) is 21.7. The highest BCUT2D eigenvalue weighted by molar-refractivity contribution is 7.91. The quantitative estimate of drug-likeness (QED) is 0.407. The van der Waals surface area contributed by atoms with Crippen LogP contribution < -0.4 is 14.4 Å². The standard InChI is InChI=1S/C27H24N2O5S/c1-18-5-4-8-20(15-18)25-28-26(27(34-25)29-12-11-19-6-2-3-7-21(19)17-29)35(30,31)22-9-10-23-24(16-22)33-14-13-32-23/h2-10,15-16H,11-14,17H2,1H3. The second kappa shape index (κ2) is 8.46. The van der Waals surface area contributed by atoms with Gasteiger partial charge in [-0.2, -0.15) is 4.98 Å². The Labute approximate surface area is 203 Å². The number of nitrogens with zero attached hydrogens (tertiary/aromatic N) is 2. The highest BCUT2D eigenvalue weighted by Crippen LogP contribution is 2.39. The summed E-state index contributed by atoms with van der Waals surface area (Å²) >= 11 is 0. The minimum atomic E-state index is -4.01. The van der Waals surface area contributed by atoms with Crippen molar-refractivity contribution in [1.29, 1.82) is 0 Å². The first-order chi connectivity index (χ1) is 17.0. The maximum Gasteiger partial charge on any atom is 0.236 e. The average molecular weight is 489 g/mol. The van der Waals surface area contributed by atoms with Crippen molar-refractivity contribution in [2.75, 3.05) is 24.7 Å². The molecule has 35 heavy (non-hydrogen) atoms. The molecule has 178 valence electrons. The van der Waals surface area contributed by atoms with Gasteiger partial charge in [-0.15, -0.1) is 0 Å². The van der Waals surface area contributed by atoms with Crippen molar-refractivity contribution in [2.24, 2.45) is 0 Å². The van der Waals surface area contributed by atoms with Crippen LogP contribution in [0.25, 0.3) is 11.5 Å². The molecule has 2 aliphatic heterocycles. The minimum Gasteiger partial charge on any atom is -0.486 e. The van der Waals surface area contributed by atoms with Gasteiger partial charge in [0.2, 0.25) is 26.6 Å². The Balaban J connectivity index is 1.47. The lowest BCUT2D eigenvalue weighted by atomic mass is 10.0. The fraction of sp³-hybridized carbons (Fsp3) is 0.222. The SMILES string of the molecule is Cc1cccc(-c2nc(S(=O)(=O)c3ccc4c(c3)OCCO4)c(N3CCc4ccccc4C3)o2)c1. The summed E-state index contributed by atoms with van der Waals surface area (Å²) in [6.07, 6.45) is 0.792. The minimum absolute atomic E-state index is 0.0875. The number of hydrogen-bond donors (Lipinski definition) is 0. The summed E-state index contributed by atoms with van der Waals surface area (Å²) in [5.41, 5.74) is 4.17. The van der Waals surface area contributed by atoms with E-state index in [9.17, 15) is 8.42 Å². The van der Waals surface area contributed by atoms with Gasteiger partial charge in [0.25, 0.3) is 0 Å². The van der Waals surface area contributed by atoms with Gasteiger partial charge in [0, 0.05) is 24.7 Å². The van der Waals surface area contributed by atoms with E-state index in [4.69, 9.17) is 13.9 Å². The summed E-state index contributed by atoms with van der Waals surface area (Å²) in [5.74, 6) is 1.47. The second-order valence-corrected chi connectivity index (χ2v) is 10.6. The summed E-state index contributed by atoms with van der Waals surface area (Å²) in [4.78, 5) is 6.59. The number of sulfone groups is 1. The van der Waals surface area contributed by atoms with Crippen LogP contribution >= 0.6 is 0 Å². The highest BCUT2D eigenvalue weighted by Gasteiger charge is 2.33. The normalized spacial score (nSPS) is 15.1. The van der Waals surface area contributed by atoms with Crippen molar-refractivity contribution >= 4 is 15.7 Å². The lowest BCUT2D eigenvalue weighted by Gasteiger charge is -2.28. The first-order valence-electron chi connectivity index (χ1n) is 11.5. The largest absolute Gasteiger partial charge is 0.486 e. The van der Waals surface area contributed by atoms with E-state index >= 15 is 0 Å². The van der Waals surface area contributed by atoms with Gasteiger partial charge in [0.1, 0.15) is 13.2 Å². The van der Waals surface area contributed by atoms with Gasteiger partial charge in [0.05, 0.1) is 4.90 Å². The van der Waals surface area contributed by atoms with Crippen molar-refractivity contribution in [3.05, 3.63) is 83.4 Å². The zero-order chi connectivity index (χ0) is 24.0. The summed E-state index contributed by atoms with van der Waals surface area (Å²) in [6.45, 7) is 3.95. The van der Waals surface area contributed by atoms with E-state index in [1.54, 1.807) is 6.07 Å². The topological polar surface area (TPSA) is 81.9 Å². The Morgan fingerprint density at radius 1 is 0.886 bits per heavy atom. The van der Waals surface area contributed by atoms with Crippen molar-refractivity contribution in [3.63, 3.8) is 0 Å². The summed E-state index contributed by atoms with van der Waals surface area (Å²) in [6, 6.07) is 20.5. The second-order valence-electron chi connectivity index (χ2n) is 8.75. The van der Waals surface area contributed by atoms with Crippen LogP contribution in [0, 0.1) is 6.92 Å². The molecule has 3 heterocycles. The maximum atomic E-state index is 13.9. The van der Waals surface area contributed by atoms with E-state index in [0.717, 1.165) is 23.1 Å². The summed E-state index contributed by atoms with van der Waals surface area (Å²) < 4.78 is 45.2. The number of fused-ring (bicyclic) bond motifs is 2. The van der Waals surface area contributed by atoms with Crippen molar-refractivity contribution in [1.82, 2.24) is 4.98 Å². The molecule has 4 aromatic rings. The smallest absolute Gasteiger partial charge is 0.236 e. The lowest BCUT2D eigenvalue weighted by Crippen LogP contribution is -2.31. The predicted octanol–water partition coefficient (Wildman–Crippen LogP) is 4.82. The Morgan fingerprint density at radius 3 is 2.51 bits per heavy atom. The summed E-state index contributed by atoms with van der Waals surface area (Å²) in [7, 11) is -4.01. The number of oxazole rings is 1. The zero-order valence-electron chi connectivity index (χ0n) is 19.2. The van der Waals surface area contributed by atoms with Crippen LogP contribution in [0.1, 0.15) is 16.7 Å². The van der Waals surface area contributed by atoms with Gasteiger partial charge < -0.3 is 18.8 Å². The molecule has 8 heteroatoms. The molecule has 0 atom stereocenters. The molecular weight excluding hydrogens is 464 g/mol. The molecule has 0 spiro atoms. The summed E-state index contributed by atoms with van der Waals surface area (Å²) in [5, 5.41) is -0.0925. The third kappa shape index (κ3) is 3.93. The van der Waals surface area contributed by atoms with Gasteiger partial charge in [0.15, 0.2) is 11.5 Å². The Morgan fingerprint density at radius 2 is 1.69 bits per heavy atom. The van der Waals surface area contributed by atoms with Crippen LogP contribution in [0.3, 0.4) is 0 Å². The van der Waals surface area contributed by atoms with Crippen LogP contribution in [0.4, 0.5) is 5.88 Å². The van der Waals surface area contributed by atoms with Crippen LogP contribution in [0.2, 0.25) is 0 Å². The molecule has 1 aromatic heterocycles. The molecule has 0 saturated carbocycles. The molecule has 7 nitrogen and oxygen atoms in total.